The van der Waals surface area contributed by atoms with Crippen molar-refractivity contribution in [2.45, 2.75) is 31.9 Å². The molecule has 0 aliphatic heterocycles. The summed E-state index contributed by atoms with van der Waals surface area (Å²) in [5, 5.41) is 3.25. The fourth-order valence-corrected chi connectivity index (χ4v) is 3.83. The van der Waals surface area contributed by atoms with Crippen LogP contribution in [0, 0.1) is 0 Å². The monoisotopic (exact) mass is 365 g/mol. The van der Waals surface area contributed by atoms with Crippen LogP contribution in [-0.4, -0.2) is 51.7 Å². The minimum atomic E-state index is -3.10. The molecular weight excluding hydrogens is 334 g/mol. The fraction of sp³-hybridized carbons (Fsp3) is 0.526. The van der Waals surface area contributed by atoms with Gasteiger partial charge in [0.25, 0.3) is 0 Å². The van der Waals surface area contributed by atoms with E-state index in [2.05, 4.69) is 21.8 Å². The smallest absolute Gasteiger partial charge is 0.193 e. The van der Waals surface area contributed by atoms with Gasteiger partial charge in [-0.2, -0.15) is 0 Å². The Morgan fingerprint density at radius 1 is 1.28 bits per heavy atom. The molecule has 0 atom stereocenters. The summed E-state index contributed by atoms with van der Waals surface area (Å²) in [4.78, 5) is 6.62. The Bertz CT molecular complexity index is 627. The van der Waals surface area contributed by atoms with Gasteiger partial charge in [0.1, 0.15) is 0 Å². The molecule has 1 aromatic rings. The number of hydrogen-bond donors (Lipinski definition) is 1. The van der Waals surface area contributed by atoms with E-state index in [9.17, 15) is 8.42 Å². The quantitative estimate of drug-likeness (QED) is 0.283. The zero-order valence-corrected chi connectivity index (χ0v) is 16.3. The predicted molar refractivity (Wildman–Crippen MR) is 107 cm³/mol. The van der Waals surface area contributed by atoms with Crippen LogP contribution in [-0.2, 0) is 15.6 Å². The van der Waals surface area contributed by atoms with E-state index in [1.165, 1.54) is 0 Å². The van der Waals surface area contributed by atoms with E-state index in [4.69, 9.17) is 0 Å². The highest BCUT2D eigenvalue weighted by Gasteiger charge is 2.11. The van der Waals surface area contributed by atoms with Crippen LogP contribution < -0.4 is 5.32 Å². The average molecular weight is 366 g/mol. The molecule has 25 heavy (non-hydrogen) atoms. The lowest BCUT2D eigenvalue weighted by Crippen LogP contribution is -2.39. The molecular formula is C19H31N3O2S. The largest absolute Gasteiger partial charge is 0.357 e. The molecule has 0 unspecified atom stereocenters. The molecule has 0 aliphatic carbocycles. The number of rotatable bonds is 11. The highest BCUT2D eigenvalue weighted by Crippen LogP contribution is 2.07. The molecule has 0 radical (unpaired) electrons. The summed E-state index contributed by atoms with van der Waals surface area (Å²) < 4.78 is 24.4. The predicted octanol–water partition coefficient (Wildman–Crippen LogP) is 2.86. The van der Waals surface area contributed by atoms with Gasteiger partial charge in [0.15, 0.2) is 15.8 Å². The van der Waals surface area contributed by atoms with Crippen molar-refractivity contribution in [3.8, 4) is 0 Å². The molecule has 0 bridgehead atoms. The molecule has 1 aromatic carbocycles. The number of aliphatic imine (C=N–C) groups is 1. The van der Waals surface area contributed by atoms with Gasteiger partial charge in [-0.05, 0) is 31.7 Å². The SMILES string of the molecule is C=CCCCN(C)C(=NCCCS(=O)(=O)Cc1ccccc1)NCC. The molecule has 0 fully saturated rings. The van der Waals surface area contributed by atoms with E-state index >= 15 is 0 Å². The van der Waals surface area contributed by atoms with E-state index in [0.29, 0.717) is 13.0 Å². The summed E-state index contributed by atoms with van der Waals surface area (Å²) in [6.45, 7) is 7.94. The number of nitrogens with one attached hydrogen (secondary N) is 1. The Morgan fingerprint density at radius 2 is 2.00 bits per heavy atom. The Hall–Kier alpha value is -1.82. The first-order chi connectivity index (χ1) is 12.0. The van der Waals surface area contributed by atoms with Crippen LogP contribution in [0.3, 0.4) is 0 Å². The van der Waals surface area contributed by atoms with Gasteiger partial charge >= 0.3 is 0 Å². The van der Waals surface area contributed by atoms with Crippen LogP contribution in [0.15, 0.2) is 48.0 Å². The van der Waals surface area contributed by atoms with Gasteiger partial charge in [0.2, 0.25) is 0 Å². The lowest BCUT2D eigenvalue weighted by atomic mass is 10.2. The minimum absolute atomic E-state index is 0.0963. The zero-order valence-electron chi connectivity index (χ0n) is 15.4. The maximum absolute atomic E-state index is 12.2. The maximum atomic E-state index is 12.2. The highest BCUT2D eigenvalue weighted by atomic mass is 32.2. The first-order valence-corrected chi connectivity index (χ1v) is 10.7. The van der Waals surface area contributed by atoms with Gasteiger partial charge in [0.05, 0.1) is 11.5 Å². The van der Waals surface area contributed by atoms with Crippen molar-refractivity contribution in [2.75, 3.05) is 32.4 Å². The number of nitrogens with zero attached hydrogens (tertiary/aromatic N) is 2. The number of sulfone groups is 1. The summed E-state index contributed by atoms with van der Waals surface area (Å²) in [7, 11) is -1.10. The molecule has 5 nitrogen and oxygen atoms in total. The van der Waals surface area contributed by atoms with E-state index < -0.39 is 9.84 Å². The maximum Gasteiger partial charge on any atom is 0.193 e. The van der Waals surface area contributed by atoms with Crippen molar-refractivity contribution in [3.05, 3.63) is 48.6 Å². The average Bonchev–Trinajstić information content (AvgIpc) is 2.58. The van der Waals surface area contributed by atoms with Crippen LogP contribution in [0.5, 0.6) is 0 Å². The van der Waals surface area contributed by atoms with Gasteiger partial charge in [-0.3, -0.25) is 4.99 Å². The lowest BCUT2D eigenvalue weighted by Gasteiger charge is -2.21. The van der Waals surface area contributed by atoms with Crippen LogP contribution in [0.4, 0.5) is 0 Å². The van der Waals surface area contributed by atoms with E-state index in [-0.39, 0.29) is 11.5 Å². The van der Waals surface area contributed by atoms with Crippen molar-refractivity contribution in [1.29, 1.82) is 0 Å². The molecule has 0 heterocycles. The first kappa shape index (κ1) is 21.2. The Balaban J connectivity index is 2.47. The number of allylic oxidation sites excluding steroid dienone is 1. The molecule has 0 amide bonds. The van der Waals surface area contributed by atoms with E-state index in [1.807, 2.05) is 50.4 Å². The van der Waals surface area contributed by atoms with Crippen molar-refractivity contribution in [3.63, 3.8) is 0 Å². The third-order valence-electron chi connectivity index (χ3n) is 3.70. The van der Waals surface area contributed by atoms with Gasteiger partial charge in [0, 0.05) is 26.7 Å². The molecule has 0 saturated heterocycles. The third-order valence-corrected chi connectivity index (χ3v) is 5.39. The van der Waals surface area contributed by atoms with Gasteiger partial charge in [-0.25, -0.2) is 8.42 Å². The summed E-state index contributed by atoms with van der Waals surface area (Å²) in [6, 6.07) is 9.30. The summed E-state index contributed by atoms with van der Waals surface area (Å²) in [6.07, 6.45) is 4.44. The number of hydrogen-bond acceptors (Lipinski definition) is 3. The second-order valence-electron chi connectivity index (χ2n) is 6.02. The zero-order chi connectivity index (χ0) is 18.5. The highest BCUT2D eigenvalue weighted by molar-refractivity contribution is 7.90. The summed E-state index contributed by atoms with van der Waals surface area (Å²) >= 11 is 0. The number of guanidine groups is 1. The van der Waals surface area contributed by atoms with Gasteiger partial charge < -0.3 is 10.2 Å². The summed E-state index contributed by atoms with van der Waals surface area (Å²) in [5.41, 5.74) is 0.835. The molecule has 6 heteroatoms. The van der Waals surface area contributed by atoms with Crippen LogP contribution >= 0.6 is 0 Å². The van der Waals surface area contributed by atoms with Crippen molar-refractivity contribution >= 4 is 15.8 Å². The molecule has 0 saturated carbocycles. The standard InChI is InChI=1S/C19H31N3O2S/c1-4-6-10-15-22(3)19(20-5-2)21-14-11-16-25(23,24)17-18-12-8-7-9-13-18/h4,7-9,12-13H,1,5-6,10-11,14-17H2,2-3H3,(H,20,21). The Morgan fingerprint density at radius 3 is 2.64 bits per heavy atom. The molecule has 0 aromatic heterocycles. The van der Waals surface area contributed by atoms with Crippen molar-refractivity contribution in [1.82, 2.24) is 10.2 Å². The van der Waals surface area contributed by atoms with Crippen LogP contribution in [0.25, 0.3) is 0 Å². The van der Waals surface area contributed by atoms with Gasteiger partial charge in [-0.1, -0.05) is 36.4 Å². The lowest BCUT2D eigenvalue weighted by molar-refractivity contribution is 0.470. The molecule has 140 valence electrons. The molecule has 1 N–H and O–H groups in total. The molecule has 0 aliphatic rings. The van der Waals surface area contributed by atoms with E-state index in [0.717, 1.165) is 37.5 Å². The molecule has 0 spiro atoms. The fourth-order valence-electron chi connectivity index (χ4n) is 2.42. The Labute approximate surface area is 152 Å². The number of unbranched alkanes of at least 4 members (excludes halogenated alkanes) is 1. The van der Waals surface area contributed by atoms with Crippen molar-refractivity contribution < 1.29 is 8.42 Å². The Kier molecular flexibility index (Phi) is 9.92. The first-order valence-electron chi connectivity index (χ1n) is 8.83. The van der Waals surface area contributed by atoms with Gasteiger partial charge in [-0.15, -0.1) is 6.58 Å². The minimum Gasteiger partial charge on any atom is -0.357 e. The normalized spacial score (nSPS) is 12.0. The summed E-state index contributed by atoms with van der Waals surface area (Å²) in [5.74, 6) is 1.08. The second-order valence-corrected chi connectivity index (χ2v) is 8.20. The van der Waals surface area contributed by atoms with Crippen LogP contribution in [0.1, 0.15) is 31.7 Å². The van der Waals surface area contributed by atoms with Crippen LogP contribution in [0.2, 0.25) is 0 Å². The van der Waals surface area contributed by atoms with E-state index in [1.54, 1.807) is 0 Å². The second kappa shape index (κ2) is 11.7. The topological polar surface area (TPSA) is 61.8 Å². The van der Waals surface area contributed by atoms with Crippen molar-refractivity contribution in [2.24, 2.45) is 4.99 Å². The number of benzene rings is 1. The molecule has 1 rings (SSSR count). The third kappa shape index (κ3) is 9.29.